The van der Waals surface area contributed by atoms with Gasteiger partial charge in [-0.15, -0.1) is 0 Å². The van der Waals surface area contributed by atoms with Crippen LogP contribution in [0.1, 0.15) is 96.3 Å². The largest absolute Gasteiger partial charge is 0.381 e. The molecule has 0 aromatic heterocycles. The number of piperidine rings is 1. The molecule has 3 aliphatic rings. The van der Waals surface area contributed by atoms with E-state index in [2.05, 4.69) is 4.90 Å². The third-order valence-corrected chi connectivity index (χ3v) is 7.36. The minimum absolute atomic E-state index is 0.973. The lowest BCUT2D eigenvalue weighted by molar-refractivity contribution is 0.108. The summed E-state index contributed by atoms with van der Waals surface area (Å²) >= 11 is 0. The average molecular weight is 350 g/mol. The van der Waals surface area contributed by atoms with Gasteiger partial charge in [0.15, 0.2) is 0 Å². The van der Waals surface area contributed by atoms with Gasteiger partial charge in [0.05, 0.1) is 0 Å². The molecule has 0 aromatic rings. The van der Waals surface area contributed by atoms with Crippen molar-refractivity contribution in [2.24, 2.45) is 17.8 Å². The molecule has 25 heavy (non-hydrogen) atoms. The van der Waals surface area contributed by atoms with E-state index < -0.39 is 0 Å². The SMILES string of the molecule is C1CCC(CCOCCCCCN2CCC(C3CCCC3)CC2)CC1. The molecule has 0 atom stereocenters. The number of hydrogen-bond donors (Lipinski definition) is 0. The number of unbranched alkanes of at least 4 members (excludes halogenated alkanes) is 2. The minimum Gasteiger partial charge on any atom is -0.381 e. The number of hydrogen-bond acceptors (Lipinski definition) is 2. The normalized spacial score (nSPS) is 25.0. The molecule has 0 spiro atoms. The summed E-state index contributed by atoms with van der Waals surface area (Å²) in [6.45, 7) is 6.09. The van der Waals surface area contributed by atoms with Crippen molar-refractivity contribution in [2.45, 2.75) is 96.3 Å². The summed E-state index contributed by atoms with van der Waals surface area (Å²) in [4.78, 5) is 2.73. The zero-order chi connectivity index (χ0) is 17.2. The van der Waals surface area contributed by atoms with Gasteiger partial charge in [-0.1, -0.05) is 57.8 Å². The molecule has 0 unspecified atom stereocenters. The molecule has 0 radical (unpaired) electrons. The van der Waals surface area contributed by atoms with Crippen molar-refractivity contribution >= 4 is 0 Å². The maximum atomic E-state index is 5.89. The summed E-state index contributed by atoms with van der Waals surface area (Å²) < 4.78 is 5.89. The Morgan fingerprint density at radius 1 is 0.640 bits per heavy atom. The monoisotopic (exact) mass is 349 g/mol. The van der Waals surface area contributed by atoms with Crippen LogP contribution in [0.5, 0.6) is 0 Å². The lowest BCUT2D eigenvalue weighted by atomic mass is 9.83. The van der Waals surface area contributed by atoms with E-state index in [4.69, 9.17) is 4.74 Å². The van der Waals surface area contributed by atoms with Crippen molar-refractivity contribution in [1.29, 1.82) is 0 Å². The molecule has 1 saturated heterocycles. The molecule has 0 aromatic carbocycles. The van der Waals surface area contributed by atoms with E-state index >= 15 is 0 Å². The van der Waals surface area contributed by atoms with Crippen LogP contribution in [-0.2, 0) is 4.74 Å². The van der Waals surface area contributed by atoms with Crippen LogP contribution in [0.25, 0.3) is 0 Å². The molecule has 3 fully saturated rings. The second kappa shape index (κ2) is 11.6. The second-order valence-electron chi connectivity index (χ2n) is 9.19. The van der Waals surface area contributed by atoms with Gasteiger partial charge in [-0.25, -0.2) is 0 Å². The number of nitrogens with zero attached hydrogens (tertiary/aromatic N) is 1. The van der Waals surface area contributed by atoms with Crippen LogP contribution in [0.4, 0.5) is 0 Å². The first kappa shape index (κ1) is 19.7. The first-order valence-corrected chi connectivity index (χ1v) is 11.7. The molecule has 146 valence electrons. The van der Waals surface area contributed by atoms with Crippen molar-refractivity contribution < 1.29 is 4.74 Å². The van der Waals surface area contributed by atoms with Crippen molar-refractivity contribution in [3.63, 3.8) is 0 Å². The number of ether oxygens (including phenoxy) is 1. The molecule has 2 nitrogen and oxygen atoms in total. The molecule has 0 amide bonds. The summed E-state index contributed by atoms with van der Waals surface area (Å²) in [5.41, 5.74) is 0. The molecule has 2 saturated carbocycles. The fourth-order valence-corrected chi connectivity index (χ4v) is 5.62. The molecule has 0 N–H and O–H groups in total. The lowest BCUT2D eigenvalue weighted by Crippen LogP contribution is -2.36. The molecule has 3 rings (SSSR count). The topological polar surface area (TPSA) is 12.5 Å². The molecule has 2 heteroatoms. The maximum absolute atomic E-state index is 5.89. The van der Waals surface area contributed by atoms with E-state index in [0.29, 0.717) is 0 Å². The van der Waals surface area contributed by atoms with Crippen LogP contribution in [0.3, 0.4) is 0 Å². The van der Waals surface area contributed by atoms with Gasteiger partial charge in [0.1, 0.15) is 0 Å². The smallest absolute Gasteiger partial charge is 0.0468 e. The standard InChI is InChI=1S/C23H43NO/c1-3-9-21(10-4-1)15-20-25-19-8-2-7-16-24-17-13-23(14-18-24)22-11-5-6-12-22/h21-23H,1-20H2. The van der Waals surface area contributed by atoms with Gasteiger partial charge in [0, 0.05) is 13.2 Å². The maximum Gasteiger partial charge on any atom is 0.0468 e. The Morgan fingerprint density at radius 3 is 2.08 bits per heavy atom. The van der Waals surface area contributed by atoms with Crippen molar-refractivity contribution in [1.82, 2.24) is 4.90 Å². The average Bonchev–Trinajstić information content (AvgIpc) is 3.20. The van der Waals surface area contributed by atoms with Crippen LogP contribution in [0.15, 0.2) is 0 Å². The predicted octanol–water partition coefficient (Wildman–Crippen LogP) is 6.05. The fraction of sp³-hybridized carbons (Fsp3) is 1.00. The van der Waals surface area contributed by atoms with Crippen LogP contribution in [0, 0.1) is 17.8 Å². The molecule has 2 aliphatic carbocycles. The second-order valence-corrected chi connectivity index (χ2v) is 9.19. The Bertz CT molecular complexity index is 325. The van der Waals surface area contributed by atoms with E-state index in [1.807, 2.05) is 0 Å². The Kier molecular flexibility index (Phi) is 9.13. The van der Waals surface area contributed by atoms with Crippen LogP contribution < -0.4 is 0 Å². The van der Waals surface area contributed by atoms with Crippen LogP contribution in [0.2, 0.25) is 0 Å². The van der Waals surface area contributed by atoms with Crippen LogP contribution >= 0.6 is 0 Å². The molecule has 0 bridgehead atoms. The third-order valence-electron chi connectivity index (χ3n) is 7.36. The van der Waals surface area contributed by atoms with E-state index in [0.717, 1.165) is 31.0 Å². The lowest BCUT2D eigenvalue weighted by Gasteiger charge is -2.34. The molecular weight excluding hydrogens is 306 g/mol. The summed E-state index contributed by atoms with van der Waals surface area (Å²) in [5, 5.41) is 0. The van der Waals surface area contributed by atoms with E-state index in [1.54, 1.807) is 0 Å². The molecule has 1 heterocycles. The summed E-state index contributed by atoms with van der Waals surface area (Å²) in [6, 6.07) is 0. The highest BCUT2D eigenvalue weighted by molar-refractivity contribution is 4.80. The minimum atomic E-state index is 0.973. The zero-order valence-electron chi connectivity index (χ0n) is 16.7. The number of rotatable bonds is 10. The predicted molar refractivity (Wildman–Crippen MR) is 107 cm³/mol. The van der Waals surface area contributed by atoms with Crippen molar-refractivity contribution in [2.75, 3.05) is 32.8 Å². The Hall–Kier alpha value is -0.0800. The Balaban J connectivity index is 1.11. The van der Waals surface area contributed by atoms with Crippen molar-refractivity contribution in [3.8, 4) is 0 Å². The zero-order valence-corrected chi connectivity index (χ0v) is 16.7. The van der Waals surface area contributed by atoms with Gasteiger partial charge >= 0.3 is 0 Å². The van der Waals surface area contributed by atoms with Gasteiger partial charge in [-0.3, -0.25) is 0 Å². The quantitative estimate of drug-likeness (QED) is 0.445. The highest BCUT2D eigenvalue weighted by Crippen LogP contribution is 2.36. The Labute approximate surface area is 157 Å². The highest BCUT2D eigenvalue weighted by Gasteiger charge is 2.28. The summed E-state index contributed by atoms with van der Waals surface area (Å²) in [6.07, 6.45) is 21.7. The van der Waals surface area contributed by atoms with E-state index in [-0.39, 0.29) is 0 Å². The van der Waals surface area contributed by atoms with E-state index in [1.165, 1.54) is 116 Å². The summed E-state index contributed by atoms with van der Waals surface area (Å²) in [5.74, 6) is 3.13. The fourth-order valence-electron chi connectivity index (χ4n) is 5.62. The van der Waals surface area contributed by atoms with Gasteiger partial charge in [0.25, 0.3) is 0 Å². The summed E-state index contributed by atoms with van der Waals surface area (Å²) in [7, 11) is 0. The highest BCUT2D eigenvalue weighted by atomic mass is 16.5. The number of likely N-dealkylation sites (tertiary alicyclic amines) is 1. The van der Waals surface area contributed by atoms with Crippen molar-refractivity contribution in [3.05, 3.63) is 0 Å². The Morgan fingerprint density at radius 2 is 1.32 bits per heavy atom. The van der Waals surface area contributed by atoms with Gasteiger partial charge in [-0.05, 0) is 75.9 Å². The van der Waals surface area contributed by atoms with Crippen LogP contribution in [-0.4, -0.2) is 37.7 Å². The first-order valence-electron chi connectivity index (χ1n) is 11.7. The van der Waals surface area contributed by atoms with Gasteiger partial charge in [-0.2, -0.15) is 0 Å². The van der Waals surface area contributed by atoms with Gasteiger partial charge in [0.2, 0.25) is 0 Å². The van der Waals surface area contributed by atoms with Gasteiger partial charge < -0.3 is 9.64 Å². The third kappa shape index (κ3) is 7.21. The van der Waals surface area contributed by atoms with E-state index in [9.17, 15) is 0 Å². The first-order chi connectivity index (χ1) is 12.4. The molecular formula is C23H43NO. The molecule has 1 aliphatic heterocycles.